The van der Waals surface area contributed by atoms with Crippen molar-refractivity contribution in [2.75, 3.05) is 5.73 Å². The minimum absolute atomic E-state index is 0.0673. The van der Waals surface area contributed by atoms with Crippen LogP contribution in [0.2, 0.25) is 0 Å². The maximum atomic E-state index is 12.3. The summed E-state index contributed by atoms with van der Waals surface area (Å²) in [6.07, 6.45) is 8.48. The van der Waals surface area contributed by atoms with Crippen molar-refractivity contribution in [3.05, 3.63) is 54.1 Å². The van der Waals surface area contributed by atoms with Crippen LogP contribution < -0.4 is 15.8 Å². The number of pyridine rings is 1. The van der Waals surface area contributed by atoms with E-state index >= 15 is 0 Å². The van der Waals surface area contributed by atoms with Crippen LogP contribution in [-0.2, 0) is 0 Å². The zero-order chi connectivity index (χ0) is 19.5. The zero-order valence-corrected chi connectivity index (χ0v) is 15.8. The van der Waals surface area contributed by atoms with E-state index in [2.05, 4.69) is 20.3 Å². The summed E-state index contributed by atoms with van der Waals surface area (Å²) in [4.78, 5) is 25.2. The first-order chi connectivity index (χ1) is 13.6. The van der Waals surface area contributed by atoms with Gasteiger partial charge in [0.05, 0.1) is 11.6 Å². The number of amides is 1. The van der Waals surface area contributed by atoms with E-state index in [1.165, 1.54) is 0 Å². The largest absolute Gasteiger partial charge is 0.488 e. The fraction of sp³-hybridized carbons (Fsp3) is 0.333. The molecule has 0 radical (unpaired) electrons. The lowest BCUT2D eigenvalue weighted by Crippen LogP contribution is -2.40. The second kappa shape index (κ2) is 7.80. The van der Waals surface area contributed by atoms with E-state index in [-0.39, 0.29) is 18.1 Å². The monoisotopic (exact) mass is 377 g/mol. The molecule has 2 heterocycles. The van der Waals surface area contributed by atoms with E-state index in [0.29, 0.717) is 17.1 Å². The van der Waals surface area contributed by atoms with Crippen LogP contribution >= 0.6 is 0 Å². The van der Waals surface area contributed by atoms with E-state index < -0.39 is 0 Å². The van der Waals surface area contributed by atoms with Gasteiger partial charge < -0.3 is 15.8 Å². The minimum Gasteiger partial charge on any atom is -0.488 e. The number of carbonyl (C=O) groups excluding carboxylic acids is 1. The number of benzene rings is 1. The van der Waals surface area contributed by atoms with Crippen LogP contribution in [0.5, 0.6) is 5.75 Å². The van der Waals surface area contributed by atoms with E-state index in [4.69, 9.17) is 10.5 Å². The van der Waals surface area contributed by atoms with Gasteiger partial charge in [0.2, 0.25) is 0 Å². The van der Waals surface area contributed by atoms with Crippen molar-refractivity contribution >= 4 is 22.6 Å². The lowest BCUT2D eigenvalue weighted by Gasteiger charge is -2.29. The second-order valence-electron chi connectivity index (χ2n) is 7.23. The zero-order valence-electron chi connectivity index (χ0n) is 15.8. The predicted octanol–water partition coefficient (Wildman–Crippen LogP) is 3.04. The number of fused-ring (bicyclic) bond motifs is 1. The van der Waals surface area contributed by atoms with Crippen LogP contribution in [0, 0.1) is 6.92 Å². The summed E-state index contributed by atoms with van der Waals surface area (Å²) in [6, 6.07) is 7.37. The first-order valence-corrected chi connectivity index (χ1v) is 9.49. The van der Waals surface area contributed by atoms with Gasteiger partial charge in [-0.3, -0.25) is 14.8 Å². The number of hydrogen-bond acceptors (Lipinski definition) is 6. The summed E-state index contributed by atoms with van der Waals surface area (Å²) < 4.78 is 6.19. The highest BCUT2D eigenvalue weighted by Crippen LogP contribution is 2.30. The van der Waals surface area contributed by atoms with Crippen molar-refractivity contribution in [3.63, 3.8) is 0 Å². The number of nitrogens with zero attached hydrogens (tertiary/aromatic N) is 3. The van der Waals surface area contributed by atoms with Gasteiger partial charge in [-0.1, -0.05) is 6.07 Å². The highest BCUT2D eigenvalue weighted by molar-refractivity contribution is 5.92. The SMILES string of the molecule is Cc1ccc(C(=O)NC2CCC(Oc3cc(N)cc4nccnc34)CC2)nc1. The molecule has 1 fully saturated rings. The smallest absolute Gasteiger partial charge is 0.270 e. The number of anilines is 1. The van der Waals surface area contributed by atoms with Crippen molar-refractivity contribution in [2.24, 2.45) is 0 Å². The molecule has 7 heteroatoms. The molecular formula is C21H23N5O2. The van der Waals surface area contributed by atoms with Crippen molar-refractivity contribution in [1.82, 2.24) is 20.3 Å². The van der Waals surface area contributed by atoms with Gasteiger partial charge in [0.15, 0.2) is 0 Å². The Morgan fingerprint density at radius 1 is 1.11 bits per heavy atom. The van der Waals surface area contributed by atoms with Gasteiger partial charge in [0.25, 0.3) is 5.91 Å². The molecule has 1 saturated carbocycles. The summed E-state index contributed by atoms with van der Waals surface area (Å²) in [5, 5.41) is 3.08. The highest BCUT2D eigenvalue weighted by Gasteiger charge is 2.25. The molecule has 1 aliphatic rings. The number of nitrogens with two attached hydrogens (primary N) is 1. The van der Waals surface area contributed by atoms with Crippen LogP contribution in [-0.4, -0.2) is 33.0 Å². The molecule has 2 aromatic heterocycles. The average Bonchev–Trinajstić information content (AvgIpc) is 2.70. The molecule has 7 nitrogen and oxygen atoms in total. The Bertz CT molecular complexity index is 982. The van der Waals surface area contributed by atoms with Gasteiger partial charge in [-0.25, -0.2) is 4.98 Å². The molecule has 0 bridgehead atoms. The molecule has 28 heavy (non-hydrogen) atoms. The molecule has 0 atom stereocenters. The molecule has 1 amide bonds. The summed E-state index contributed by atoms with van der Waals surface area (Å²) in [5.74, 6) is 0.543. The molecule has 1 aliphatic carbocycles. The molecule has 0 unspecified atom stereocenters. The number of nitrogen functional groups attached to an aromatic ring is 1. The van der Waals surface area contributed by atoms with E-state index in [1.807, 2.05) is 13.0 Å². The highest BCUT2D eigenvalue weighted by atomic mass is 16.5. The Balaban J connectivity index is 1.36. The number of rotatable bonds is 4. The van der Waals surface area contributed by atoms with E-state index in [0.717, 1.165) is 42.3 Å². The van der Waals surface area contributed by atoms with Crippen LogP contribution in [0.3, 0.4) is 0 Å². The lowest BCUT2D eigenvalue weighted by atomic mass is 9.92. The minimum atomic E-state index is -0.124. The quantitative estimate of drug-likeness (QED) is 0.678. The predicted molar refractivity (Wildman–Crippen MR) is 107 cm³/mol. The number of hydrogen-bond donors (Lipinski definition) is 2. The number of ether oxygens (including phenoxy) is 1. The summed E-state index contributed by atoms with van der Waals surface area (Å²) in [5.41, 5.74) is 9.51. The molecule has 0 saturated heterocycles. The Hall–Kier alpha value is -3.22. The van der Waals surface area contributed by atoms with Crippen molar-refractivity contribution in [3.8, 4) is 5.75 Å². The van der Waals surface area contributed by atoms with Gasteiger partial charge in [-0.2, -0.15) is 0 Å². The van der Waals surface area contributed by atoms with Crippen LogP contribution in [0.25, 0.3) is 11.0 Å². The number of aromatic nitrogens is 3. The van der Waals surface area contributed by atoms with Crippen molar-refractivity contribution in [2.45, 2.75) is 44.8 Å². The third-order valence-electron chi connectivity index (χ3n) is 5.01. The molecule has 144 valence electrons. The standard InChI is InChI=1S/C21H23N5O2/c1-13-2-7-17(25-12-13)21(27)26-15-3-5-16(6-4-15)28-19-11-14(22)10-18-20(19)24-9-8-23-18/h2,7-12,15-16H,3-6,22H2,1H3,(H,26,27). The fourth-order valence-electron chi connectivity index (χ4n) is 3.52. The normalized spacial score (nSPS) is 19.3. The third kappa shape index (κ3) is 4.03. The average molecular weight is 377 g/mol. The van der Waals surface area contributed by atoms with Crippen molar-refractivity contribution in [1.29, 1.82) is 0 Å². The third-order valence-corrected chi connectivity index (χ3v) is 5.01. The Morgan fingerprint density at radius 2 is 1.89 bits per heavy atom. The van der Waals surface area contributed by atoms with Gasteiger partial charge in [-0.05, 0) is 50.3 Å². The Morgan fingerprint density at radius 3 is 2.64 bits per heavy atom. The van der Waals surface area contributed by atoms with E-state index in [9.17, 15) is 4.79 Å². The number of aryl methyl sites for hydroxylation is 1. The second-order valence-corrected chi connectivity index (χ2v) is 7.23. The van der Waals surface area contributed by atoms with Crippen LogP contribution in [0.1, 0.15) is 41.7 Å². The Kier molecular flexibility index (Phi) is 5.06. The lowest BCUT2D eigenvalue weighted by molar-refractivity contribution is 0.0890. The molecule has 0 spiro atoms. The summed E-state index contributed by atoms with van der Waals surface area (Å²) >= 11 is 0. The van der Waals surface area contributed by atoms with Gasteiger partial charge >= 0.3 is 0 Å². The van der Waals surface area contributed by atoms with Gasteiger partial charge in [0.1, 0.15) is 17.0 Å². The molecule has 3 aromatic rings. The Labute approximate surface area is 163 Å². The first kappa shape index (κ1) is 18.2. The number of nitrogens with one attached hydrogen (secondary N) is 1. The fourth-order valence-corrected chi connectivity index (χ4v) is 3.52. The van der Waals surface area contributed by atoms with Crippen LogP contribution in [0.15, 0.2) is 42.9 Å². The number of carbonyl (C=O) groups is 1. The molecule has 3 N–H and O–H groups in total. The van der Waals surface area contributed by atoms with Gasteiger partial charge in [-0.15, -0.1) is 0 Å². The van der Waals surface area contributed by atoms with E-state index in [1.54, 1.807) is 36.8 Å². The maximum Gasteiger partial charge on any atom is 0.270 e. The topological polar surface area (TPSA) is 103 Å². The molecule has 0 aliphatic heterocycles. The maximum absolute atomic E-state index is 12.3. The van der Waals surface area contributed by atoms with Gasteiger partial charge in [0, 0.05) is 36.4 Å². The molecule has 4 rings (SSSR count). The summed E-state index contributed by atoms with van der Waals surface area (Å²) in [6.45, 7) is 1.95. The first-order valence-electron chi connectivity index (χ1n) is 9.49. The summed E-state index contributed by atoms with van der Waals surface area (Å²) in [7, 11) is 0. The van der Waals surface area contributed by atoms with Crippen molar-refractivity contribution < 1.29 is 9.53 Å². The molecular weight excluding hydrogens is 354 g/mol. The molecule has 1 aromatic carbocycles. The van der Waals surface area contributed by atoms with Crippen LogP contribution in [0.4, 0.5) is 5.69 Å².